The lowest BCUT2D eigenvalue weighted by Crippen LogP contribution is -2.26. The molecule has 3 aromatic rings. The van der Waals surface area contributed by atoms with Crippen LogP contribution >= 0.6 is 0 Å². The molecular formula is C27H25NO4. The Hall–Kier alpha value is -3.86. The van der Waals surface area contributed by atoms with Crippen LogP contribution in [0.3, 0.4) is 0 Å². The third-order valence-electron chi connectivity index (χ3n) is 5.62. The van der Waals surface area contributed by atoms with Crippen LogP contribution in [0, 0.1) is 6.92 Å². The topological polar surface area (TPSA) is 64.6 Å². The number of carbonyl (C=O) groups is 2. The van der Waals surface area contributed by atoms with Gasteiger partial charge in [0.05, 0.1) is 12.7 Å². The normalized spacial score (nSPS) is 12.3. The first kappa shape index (κ1) is 21.4. The molecule has 1 aliphatic rings. The lowest BCUT2D eigenvalue weighted by Gasteiger charge is -2.14. The Labute approximate surface area is 187 Å². The molecule has 5 heteroatoms. The molecule has 0 spiro atoms. The molecule has 1 aliphatic carbocycles. The van der Waals surface area contributed by atoms with E-state index in [0.29, 0.717) is 5.56 Å². The lowest BCUT2D eigenvalue weighted by molar-refractivity contribution is 0.0600. The predicted molar refractivity (Wildman–Crippen MR) is 125 cm³/mol. The van der Waals surface area contributed by atoms with Crippen LogP contribution in [0.4, 0.5) is 4.79 Å². The molecule has 0 aromatic heterocycles. The molecular weight excluding hydrogens is 402 g/mol. The molecule has 0 unspecified atom stereocenters. The second-order valence-electron chi connectivity index (χ2n) is 7.69. The third-order valence-corrected chi connectivity index (χ3v) is 5.62. The van der Waals surface area contributed by atoms with Gasteiger partial charge in [0.1, 0.15) is 6.61 Å². The maximum atomic E-state index is 12.3. The summed E-state index contributed by atoms with van der Waals surface area (Å²) in [6.07, 6.45) is 3.10. The van der Waals surface area contributed by atoms with Crippen LogP contribution in [-0.2, 0) is 9.47 Å². The van der Waals surface area contributed by atoms with Crippen molar-refractivity contribution in [2.24, 2.45) is 0 Å². The van der Waals surface area contributed by atoms with Gasteiger partial charge in [-0.25, -0.2) is 9.59 Å². The van der Waals surface area contributed by atoms with Gasteiger partial charge >= 0.3 is 12.1 Å². The van der Waals surface area contributed by atoms with E-state index in [4.69, 9.17) is 9.47 Å². The summed E-state index contributed by atoms with van der Waals surface area (Å²) in [6, 6.07) is 22.0. The molecule has 0 radical (unpaired) electrons. The highest BCUT2D eigenvalue weighted by molar-refractivity contribution is 5.93. The number of ether oxygens (including phenoxy) is 2. The summed E-state index contributed by atoms with van der Waals surface area (Å²) in [4.78, 5) is 24.2. The number of hydrogen-bond acceptors (Lipinski definition) is 4. The zero-order valence-corrected chi connectivity index (χ0v) is 18.1. The Balaban J connectivity index is 1.35. The number of rotatable bonds is 6. The largest absolute Gasteiger partial charge is 0.465 e. The summed E-state index contributed by atoms with van der Waals surface area (Å²) in [5.41, 5.74) is 7.00. The first-order valence-corrected chi connectivity index (χ1v) is 10.5. The average Bonchev–Trinajstić information content (AvgIpc) is 3.14. The Kier molecular flexibility index (Phi) is 6.36. The van der Waals surface area contributed by atoms with E-state index in [1.54, 1.807) is 18.2 Å². The Bertz CT molecular complexity index is 1140. The number of methoxy groups -OCH3 is 1. The highest BCUT2D eigenvalue weighted by atomic mass is 16.5. The van der Waals surface area contributed by atoms with Crippen LogP contribution in [0.15, 0.2) is 72.8 Å². The number of nitrogens with one attached hydrogen (secondary N) is 1. The molecule has 3 aromatic carbocycles. The third kappa shape index (κ3) is 4.42. The molecule has 162 valence electrons. The fourth-order valence-corrected chi connectivity index (χ4v) is 4.09. The van der Waals surface area contributed by atoms with Crippen LogP contribution in [-0.4, -0.2) is 32.3 Å². The van der Waals surface area contributed by atoms with E-state index in [0.717, 1.165) is 11.1 Å². The molecule has 0 bridgehead atoms. The van der Waals surface area contributed by atoms with Crippen LogP contribution in [0.25, 0.3) is 17.2 Å². The second kappa shape index (κ2) is 9.52. The molecule has 0 aliphatic heterocycles. The van der Waals surface area contributed by atoms with E-state index in [1.165, 1.54) is 29.4 Å². The number of amides is 1. The minimum atomic E-state index is -0.478. The second-order valence-corrected chi connectivity index (χ2v) is 7.69. The average molecular weight is 428 g/mol. The smallest absolute Gasteiger partial charge is 0.407 e. The predicted octanol–water partition coefficient (Wildman–Crippen LogP) is 5.33. The van der Waals surface area contributed by atoms with E-state index in [2.05, 4.69) is 29.6 Å². The van der Waals surface area contributed by atoms with Crippen molar-refractivity contribution in [1.82, 2.24) is 5.32 Å². The van der Waals surface area contributed by atoms with Crippen molar-refractivity contribution in [3.05, 3.63) is 101 Å². The van der Waals surface area contributed by atoms with Crippen molar-refractivity contribution in [3.8, 4) is 11.1 Å². The van der Waals surface area contributed by atoms with Gasteiger partial charge in [-0.2, -0.15) is 0 Å². The first-order chi connectivity index (χ1) is 15.6. The monoisotopic (exact) mass is 427 g/mol. The first-order valence-electron chi connectivity index (χ1n) is 10.5. The van der Waals surface area contributed by atoms with Crippen molar-refractivity contribution in [2.75, 3.05) is 20.3 Å². The van der Waals surface area contributed by atoms with Crippen molar-refractivity contribution >= 4 is 18.1 Å². The zero-order chi connectivity index (χ0) is 22.5. The van der Waals surface area contributed by atoms with Crippen LogP contribution in [0.5, 0.6) is 0 Å². The molecule has 0 fully saturated rings. The van der Waals surface area contributed by atoms with Gasteiger partial charge in [0.2, 0.25) is 0 Å². The molecule has 0 saturated carbocycles. The number of fused-ring (bicyclic) bond motifs is 3. The van der Waals surface area contributed by atoms with E-state index in [9.17, 15) is 9.59 Å². The van der Waals surface area contributed by atoms with Gasteiger partial charge in [-0.1, -0.05) is 78.4 Å². The van der Waals surface area contributed by atoms with Gasteiger partial charge in [-0.3, -0.25) is 0 Å². The lowest BCUT2D eigenvalue weighted by atomic mass is 9.98. The maximum absolute atomic E-state index is 12.3. The summed E-state index contributed by atoms with van der Waals surface area (Å²) >= 11 is 0. The van der Waals surface area contributed by atoms with Crippen molar-refractivity contribution in [3.63, 3.8) is 0 Å². The fraction of sp³-hybridized carbons (Fsp3) is 0.185. The van der Waals surface area contributed by atoms with Crippen LogP contribution in [0.1, 0.15) is 38.5 Å². The molecule has 4 rings (SSSR count). The molecule has 0 saturated heterocycles. The molecule has 0 atom stereocenters. The highest BCUT2D eigenvalue weighted by Gasteiger charge is 2.28. The summed E-state index contributed by atoms with van der Waals surface area (Å²) in [5.74, 6) is -0.368. The van der Waals surface area contributed by atoms with E-state index >= 15 is 0 Å². The van der Waals surface area contributed by atoms with Gasteiger partial charge in [0.25, 0.3) is 0 Å². The SMILES string of the molecule is COC(=O)c1ccc(C)cc1C=CCNC(=O)OCC1c2ccccc2-c2ccccc21. The van der Waals surface area contributed by atoms with Gasteiger partial charge < -0.3 is 14.8 Å². The number of esters is 1. The summed E-state index contributed by atoms with van der Waals surface area (Å²) in [7, 11) is 1.36. The summed E-state index contributed by atoms with van der Waals surface area (Å²) in [6.45, 7) is 2.51. The minimum absolute atomic E-state index is 0.0265. The van der Waals surface area contributed by atoms with Crippen LogP contribution < -0.4 is 5.32 Å². The number of aryl methyl sites for hydroxylation is 1. The maximum Gasteiger partial charge on any atom is 0.407 e. The van der Waals surface area contributed by atoms with Crippen molar-refractivity contribution < 1.29 is 19.1 Å². The summed E-state index contributed by atoms with van der Waals surface area (Å²) < 4.78 is 10.4. The zero-order valence-electron chi connectivity index (χ0n) is 18.1. The number of alkyl carbamates (subject to hydrolysis) is 1. The Morgan fingerprint density at radius 2 is 1.62 bits per heavy atom. The fourth-order valence-electron chi connectivity index (χ4n) is 4.09. The van der Waals surface area contributed by atoms with Gasteiger partial charge in [0, 0.05) is 12.5 Å². The highest BCUT2D eigenvalue weighted by Crippen LogP contribution is 2.44. The molecule has 1 N–H and O–H groups in total. The molecule has 32 heavy (non-hydrogen) atoms. The number of hydrogen-bond donors (Lipinski definition) is 1. The Morgan fingerprint density at radius 3 is 2.28 bits per heavy atom. The van der Waals surface area contributed by atoms with Gasteiger partial charge in [-0.05, 0) is 40.8 Å². The van der Waals surface area contributed by atoms with Crippen molar-refractivity contribution in [2.45, 2.75) is 12.8 Å². The molecule has 1 amide bonds. The van der Waals surface area contributed by atoms with Crippen LogP contribution in [0.2, 0.25) is 0 Å². The standard InChI is InChI=1S/C27H25NO4/c1-18-13-14-20(26(29)31-2)19(16-18)8-7-15-28-27(30)32-17-25-23-11-5-3-9-21(23)22-10-4-6-12-24(22)25/h3-14,16,25H,15,17H2,1-2H3,(H,28,30). The van der Waals surface area contributed by atoms with E-state index in [-0.39, 0.29) is 19.1 Å². The molecule has 5 nitrogen and oxygen atoms in total. The van der Waals surface area contributed by atoms with E-state index in [1.807, 2.05) is 43.3 Å². The van der Waals surface area contributed by atoms with Gasteiger partial charge in [0.15, 0.2) is 0 Å². The molecule has 0 heterocycles. The number of benzene rings is 3. The van der Waals surface area contributed by atoms with Crippen molar-refractivity contribution in [1.29, 1.82) is 0 Å². The quantitative estimate of drug-likeness (QED) is 0.540. The summed E-state index contributed by atoms with van der Waals surface area (Å²) in [5, 5.41) is 2.74. The minimum Gasteiger partial charge on any atom is -0.465 e. The number of carbonyl (C=O) groups excluding carboxylic acids is 2. The van der Waals surface area contributed by atoms with E-state index < -0.39 is 12.1 Å². The Morgan fingerprint density at radius 1 is 0.969 bits per heavy atom. The van der Waals surface area contributed by atoms with Gasteiger partial charge in [-0.15, -0.1) is 0 Å².